The molecule has 3 aromatic carbocycles. The van der Waals surface area contributed by atoms with Crippen LogP contribution in [0.15, 0.2) is 97.1 Å². The van der Waals surface area contributed by atoms with Crippen molar-refractivity contribution in [2.75, 3.05) is 6.54 Å². The van der Waals surface area contributed by atoms with Gasteiger partial charge < -0.3 is 14.7 Å². The largest absolute Gasteiger partial charge is 0.872 e. The Labute approximate surface area is 236 Å². The number of imidazole rings is 1. The van der Waals surface area contributed by atoms with E-state index < -0.39 is 28.4 Å². The van der Waals surface area contributed by atoms with Gasteiger partial charge >= 0.3 is 0 Å². The number of aromatic amines is 1. The third-order valence-electron chi connectivity index (χ3n) is 6.95. The van der Waals surface area contributed by atoms with Crippen LogP contribution in [0.2, 0.25) is 0 Å². The number of nitro benzene ring substituents is 1. The Morgan fingerprint density at radius 3 is 2.56 bits per heavy atom. The van der Waals surface area contributed by atoms with Crippen molar-refractivity contribution < 1.29 is 28.9 Å². The fourth-order valence-corrected chi connectivity index (χ4v) is 4.97. The lowest BCUT2D eigenvalue weighted by Crippen LogP contribution is -2.36. The number of Topliss-reactive ketones (excluding diaryl/α,β-unsaturated/α-hetero) is 1. The number of carbonyl (C=O) groups excluding carboxylic acids is 2. The molecule has 1 saturated heterocycles. The van der Waals surface area contributed by atoms with Gasteiger partial charge in [0.1, 0.15) is 24.8 Å². The molecule has 1 aliphatic heterocycles. The van der Waals surface area contributed by atoms with Crippen LogP contribution >= 0.6 is 0 Å². The van der Waals surface area contributed by atoms with Crippen molar-refractivity contribution in [1.29, 1.82) is 0 Å². The number of aromatic nitrogens is 2. The maximum absolute atomic E-state index is 13.7. The fraction of sp³-hybridized carbons (Fsp3) is 0.194. The van der Waals surface area contributed by atoms with E-state index >= 15 is 0 Å². The SMILES string of the molecule is Cc1cccc(COc2ccc(/C([O-])=C3\C(=O)C(=O)N(CCC[n+]4cc[nH]c4)C3c3cccc([N+](=O)[O-])c3)cc2)c1. The first kappa shape index (κ1) is 27.3. The zero-order valence-corrected chi connectivity index (χ0v) is 22.4. The number of non-ortho nitro benzene ring substituents is 1. The molecule has 1 aliphatic rings. The molecule has 0 saturated carbocycles. The molecule has 1 amide bonds. The van der Waals surface area contributed by atoms with E-state index in [1.807, 2.05) is 42.0 Å². The Bertz CT molecular complexity index is 1610. The van der Waals surface area contributed by atoms with Crippen molar-refractivity contribution in [3.8, 4) is 5.75 Å². The summed E-state index contributed by atoms with van der Waals surface area (Å²) in [7, 11) is 0. The molecule has 10 nitrogen and oxygen atoms in total. The van der Waals surface area contributed by atoms with Gasteiger partial charge in [-0.3, -0.25) is 24.7 Å². The average Bonchev–Trinajstić information content (AvgIpc) is 3.58. The minimum Gasteiger partial charge on any atom is -0.872 e. The highest BCUT2D eigenvalue weighted by molar-refractivity contribution is 6.46. The van der Waals surface area contributed by atoms with Crippen LogP contribution in [0.4, 0.5) is 5.69 Å². The Morgan fingerprint density at radius 1 is 1.07 bits per heavy atom. The summed E-state index contributed by atoms with van der Waals surface area (Å²) in [5.41, 5.74) is 2.25. The molecular formula is C31H28N4O6. The predicted molar refractivity (Wildman–Crippen MR) is 147 cm³/mol. The molecule has 41 heavy (non-hydrogen) atoms. The number of hydrogen-bond donors (Lipinski definition) is 1. The number of nitrogens with zero attached hydrogens (tertiary/aromatic N) is 3. The number of nitro groups is 1. The number of hydrogen-bond acceptors (Lipinski definition) is 6. The molecule has 5 rings (SSSR count). The molecule has 1 atom stereocenters. The van der Waals surface area contributed by atoms with Gasteiger partial charge in [0.25, 0.3) is 11.6 Å². The monoisotopic (exact) mass is 552 g/mol. The van der Waals surface area contributed by atoms with Crippen LogP contribution in [0.1, 0.15) is 34.7 Å². The summed E-state index contributed by atoms with van der Waals surface area (Å²) in [6, 6.07) is 19.0. The zero-order chi connectivity index (χ0) is 28.9. The molecule has 2 heterocycles. The summed E-state index contributed by atoms with van der Waals surface area (Å²) in [5.74, 6) is -1.77. The Morgan fingerprint density at radius 2 is 1.85 bits per heavy atom. The molecule has 1 unspecified atom stereocenters. The minimum atomic E-state index is -1.05. The normalized spacial score (nSPS) is 16.2. The standard InChI is InChI=1S/C31H28N4O6/c1-21-5-2-6-22(17-21)19-41-26-11-9-23(10-12-26)29(36)27-28(24-7-3-8-25(18-24)35(39)40)34(31(38)30(27)37)15-4-14-33-16-13-32-20-33/h2-3,5-13,16-18,20,28H,4,14-15,19H2,1H3,(H,36,37). The Balaban J connectivity index is 1.44. The topological polar surface area (TPSA) is 132 Å². The Hall–Kier alpha value is -5.25. The molecule has 0 spiro atoms. The number of nitrogens with one attached hydrogen (secondary N) is 1. The molecule has 1 N–H and O–H groups in total. The van der Waals surface area contributed by atoms with Crippen LogP contribution in [0.25, 0.3) is 5.76 Å². The quantitative estimate of drug-likeness (QED) is 0.0801. The van der Waals surface area contributed by atoms with Gasteiger partial charge in [-0.25, -0.2) is 4.57 Å². The summed E-state index contributed by atoms with van der Waals surface area (Å²) < 4.78 is 7.74. The number of rotatable bonds is 10. The maximum atomic E-state index is 13.7. The molecule has 208 valence electrons. The van der Waals surface area contributed by atoms with Crippen molar-refractivity contribution >= 4 is 23.1 Å². The van der Waals surface area contributed by atoms with E-state index in [0.717, 1.165) is 11.1 Å². The number of amides is 1. The molecular weight excluding hydrogens is 524 g/mol. The van der Waals surface area contributed by atoms with E-state index in [0.29, 0.717) is 30.9 Å². The van der Waals surface area contributed by atoms with Crippen LogP contribution in [0.3, 0.4) is 0 Å². The van der Waals surface area contributed by atoms with E-state index in [2.05, 4.69) is 4.98 Å². The number of ether oxygens (including phenoxy) is 1. The second kappa shape index (κ2) is 11.9. The van der Waals surface area contributed by atoms with Crippen LogP contribution in [-0.4, -0.2) is 33.0 Å². The maximum Gasteiger partial charge on any atom is 0.295 e. The Kier molecular flexibility index (Phi) is 7.91. The van der Waals surface area contributed by atoms with E-state index in [1.54, 1.807) is 42.9 Å². The molecule has 0 radical (unpaired) electrons. The molecule has 1 fully saturated rings. The van der Waals surface area contributed by atoms with Gasteiger partial charge in [0.05, 0.1) is 17.5 Å². The van der Waals surface area contributed by atoms with Crippen molar-refractivity contribution in [3.05, 3.63) is 129 Å². The smallest absolute Gasteiger partial charge is 0.295 e. The lowest BCUT2D eigenvalue weighted by molar-refractivity contribution is -0.695. The second-order valence-electron chi connectivity index (χ2n) is 9.83. The first-order valence-electron chi connectivity index (χ1n) is 13.1. The third kappa shape index (κ3) is 6.01. The van der Waals surface area contributed by atoms with Gasteiger partial charge in [0.2, 0.25) is 12.1 Å². The van der Waals surface area contributed by atoms with E-state index in [-0.39, 0.29) is 23.4 Å². The van der Waals surface area contributed by atoms with Crippen molar-refractivity contribution in [2.45, 2.75) is 32.5 Å². The van der Waals surface area contributed by atoms with Gasteiger partial charge in [-0.15, -0.1) is 0 Å². The van der Waals surface area contributed by atoms with Gasteiger partial charge in [0.15, 0.2) is 0 Å². The van der Waals surface area contributed by atoms with Crippen LogP contribution in [0, 0.1) is 17.0 Å². The highest BCUT2D eigenvalue weighted by atomic mass is 16.6. The van der Waals surface area contributed by atoms with E-state index in [9.17, 15) is 24.8 Å². The lowest BCUT2D eigenvalue weighted by atomic mass is 9.95. The molecule has 1 aromatic heterocycles. The second-order valence-corrected chi connectivity index (χ2v) is 9.83. The van der Waals surface area contributed by atoms with Crippen LogP contribution in [0.5, 0.6) is 5.75 Å². The molecule has 10 heteroatoms. The number of ketones is 1. The first-order valence-corrected chi connectivity index (χ1v) is 13.1. The number of likely N-dealkylation sites (tertiary alicyclic amines) is 1. The lowest BCUT2D eigenvalue weighted by Gasteiger charge is -2.27. The molecule has 0 bridgehead atoms. The summed E-state index contributed by atoms with van der Waals surface area (Å²) in [5, 5.41) is 25.2. The zero-order valence-electron chi connectivity index (χ0n) is 22.4. The van der Waals surface area contributed by atoms with Gasteiger partial charge in [0, 0.05) is 30.7 Å². The number of benzene rings is 3. The van der Waals surface area contributed by atoms with Crippen LogP contribution < -0.4 is 14.4 Å². The number of H-pyrrole nitrogens is 1. The number of aryl methyl sites for hydroxylation is 2. The van der Waals surface area contributed by atoms with Crippen LogP contribution in [-0.2, 0) is 22.7 Å². The first-order chi connectivity index (χ1) is 19.8. The van der Waals surface area contributed by atoms with E-state index in [4.69, 9.17) is 4.74 Å². The average molecular weight is 553 g/mol. The van der Waals surface area contributed by atoms with Gasteiger partial charge in [-0.2, -0.15) is 0 Å². The fourth-order valence-electron chi connectivity index (χ4n) is 4.97. The van der Waals surface area contributed by atoms with Gasteiger partial charge in [-0.1, -0.05) is 59.9 Å². The summed E-state index contributed by atoms with van der Waals surface area (Å²) >= 11 is 0. The third-order valence-corrected chi connectivity index (χ3v) is 6.95. The summed E-state index contributed by atoms with van der Waals surface area (Å²) in [6.45, 7) is 3.10. The molecule has 0 aliphatic carbocycles. The summed E-state index contributed by atoms with van der Waals surface area (Å²) in [6.07, 6.45) is 5.87. The highest BCUT2D eigenvalue weighted by Gasteiger charge is 2.44. The van der Waals surface area contributed by atoms with E-state index in [1.165, 1.54) is 23.1 Å². The summed E-state index contributed by atoms with van der Waals surface area (Å²) in [4.78, 5) is 41.6. The van der Waals surface area contributed by atoms with Crippen molar-refractivity contribution in [3.63, 3.8) is 0 Å². The van der Waals surface area contributed by atoms with Gasteiger partial charge in [-0.05, 0) is 35.7 Å². The highest BCUT2D eigenvalue weighted by Crippen LogP contribution is 2.39. The predicted octanol–water partition coefficient (Wildman–Crippen LogP) is 3.41. The van der Waals surface area contributed by atoms with Crippen molar-refractivity contribution in [2.24, 2.45) is 0 Å². The van der Waals surface area contributed by atoms with Crippen molar-refractivity contribution in [1.82, 2.24) is 9.88 Å². The molecule has 4 aromatic rings. The minimum absolute atomic E-state index is 0.179. The number of carbonyl (C=O) groups is 2.